The van der Waals surface area contributed by atoms with E-state index in [0.29, 0.717) is 11.6 Å². The van der Waals surface area contributed by atoms with Crippen molar-refractivity contribution in [1.82, 2.24) is 5.32 Å². The van der Waals surface area contributed by atoms with Crippen LogP contribution < -0.4 is 5.32 Å². The van der Waals surface area contributed by atoms with Crippen molar-refractivity contribution in [1.29, 1.82) is 0 Å². The van der Waals surface area contributed by atoms with E-state index in [1.165, 1.54) is 0 Å². The van der Waals surface area contributed by atoms with Gasteiger partial charge in [-0.1, -0.05) is 20.8 Å². The van der Waals surface area contributed by atoms with Gasteiger partial charge >= 0.3 is 6.18 Å². The zero-order valence-corrected chi connectivity index (χ0v) is 11.5. The van der Waals surface area contributed by atoms with Crippen molar-refractivity contribution in [3.8, 4) is 0 Å². The van der Waals surface area contributed by atoms with Crippen LogP contribution in [0.4, 0.5) is 17.6 Å². The molecule has 0 radical (unpaired) electrons. The van der Waals surface area contributed by atoms with Gasteiger partial charge in [-0.3, -0.25) is 0 Å². The third-order valence-corrected chi connectivity index (χ3v) is 3.20. The number of rotatable bonds is 3. The summed E-state index contributed by atoms with van der Waals surface area (Å²) in [6.45, 7) is 8.23. The summed E-state index contributed by atoms with van der Waals surface area (Å²) < 4.78 is 50.8. The lowest BCUT2D eigenvalue weighted by molar-refractivity contribution is -0.137. The summed E-state index contributed by atoms with van der Waals surface area (Å²) in [6, 6.07) is 2.71. The molecule has 0 aliphatic carbocycles. The monoisotopic (exact) mass is 277 g/mol. The quantitative estimate of drug-likeness (QED) is 0.809. The molecule has 108 valence electrons. The zero-order chi connectivity index (χ0) is 14.8. The van der Waals surface area contributed by atoms with Gasteiger partial charge in [0.25, 0.3) is 0 Å². The number of hydrogen-bond acceptors (Lipinski definition) is 1. The zero-order valence-electron chi connectivity index (χ0n) is 11.5. The Kier molecular flexibility index (Phi) is 4.61. The molecule has 1 unspecified atom stereocenters. The maximum atomic E-state index is 13.2. The molecule has 0 saturated carbocycles. The number of nitrogens with one attached hydrogen (secondary N) is 1. The van der Waals surface area contributed by atoms with E-state index in [4.69, 9.17) is 0 Å². The Hall–Kier alpha value is -1.10. The van der Waals surface area contributed by atoms with E-state index in [1.54, 1.807) is 0 Å². The first-order chi connectivity index (χ1) is 8.50. The molecule has 0 aliphatic rings. The fourth-order valence-electron chi connectivity index (χ4n) is 1.49. The molecule has 0 bridgehead atoms. The van der Waals surface area contributed by atoms with Crippen molar-refractivity contribution in [2.24, 2.45) is 5.41 Å². The molecule has 1 atom stereocenters. The second-order valence-electron chi connectivity index (χ2n) is 5.81. The van der Waals surface area contributed by atoms with Gasteiger partial charge in [0, 0.05) is 12.6 Å². The molecular weight excluding hydrogens is 258 g/mol. The minimum atomic E-state index is -4.52. The Labute approximate surface area is 111 Å². The summed E-state index contributed by atoms with van der Waals surface area (Å²) >= 11 is 0. The van der Waals surface area contributed by atoms with Crippen molar-refractivity contribution in [2.45, 2.75) is 46.5 Å². The molecule has 1 nitrogen and oxygen atoms in total. The lowest BCUT2D eigenvalue weighted by Crippen LogP contribution is -2.37. The highest BCUT2D eigenvalue weighted by molar-refractivity contribution is 5.26. The molecule has 0 spiro atoms. The molecule has 5 heteroatoms. The van der Waals surface area contributed by atoms with E-state index in [9.17, 15) is 17.6 Å². The van der Waals surface area contributed by atoms with E-state index in [2.05, 4.69) is 5.32 Å². The molecule has 0 aliphatic heterocycles. The maximum absolute atomic E-state index is 13.2. The van der Waals surface area contributed by atoms with Gasteiger partial charge in [-0.05, 0) is 36.1 Å². The van der Waals surface area contributed by atoms with E-state index in [-0.39, 0.29) is 18.0 Å². The number of alkyl halides is 3. The van der Waals surface area contributed by atoms with Gasteiger partial charge in [0.2, 0.25) is 0 Å². The van der Waals surface area contributed by atoms with E-state index in [0.717, 1.165) is 12.1 Å². The SMILES string of the molecule is CC(NCc1cc(F)cc(C(F)(F)F)c1)C(C)(C)C. The normalized spacial score (nSPS) is 14.5. The van der Waals surface area contributed by atoms with E-state index < -0.39 is 17.6 Å². The lowest BCUT2D eigenvalue weighted by Gasteiger charge is -2.28. The topological polar surface area (TPSA) is 12.0 Å². The standard InChI is InChI=1S/C14H19F4N/c1-9(13(2,3)4)19-8-10-5-11(14(16,17)18)7-12(15)6-10/h5-7,9,19H,8H2,1-4H3. The third-order valence-electron chi connectivity index (χ3n) is 3.20. The molecule has 1 aromatic carbocycles. The molecule has 19 heavy (non-hydrogen) atoms. The maximum Gasteiger partial charge on any atom is 0.416 e. The molecule has 0 aromatic heterocycles. The molecule has 0 saturated heterocycles. The smallest absolute Gasteiger partial charge is 0.310 e. The number of benzene rings is 1. The van der Waals surface area contributed by atoms with Crippen molar-refractivity contribution >= 4 is 0 Å². The van der Waals surface area contributed by atoms with E-state index in [1.807, 2.05) is 27.7 Å². The van der Waals surface area contributed by atoms with Crippen molar-refractivity contribution < 1.29 is 17.6 Å². The van der Waals surface area contributed by atoms with Crippen LogP contribution >= 0.6 is 0 Å². The first-order valence-corrected chi connectivity index (χ1v) is 6.10. The fraction of sp³-hybridized carbons (Fsp3) is 0.571. The highest BCUT2D eigenvalue weighted by atomic mass is 19.4. The largest absolute Gasteiger partial charge is 0.416 e. The van der Waals surface area contributed by atoms with Crippen molar-refractivity contribution in [3.63, 3.8) is 0 Å². The predicted molar refractivity (Wildman–Crippen MR) is 67.2 cm³/mol. The van der Waals surface area contributed by atoms with Crippen LogP contribution in [0.5, 0.6) is 0 Å². The first-order valence-electron chi connectivity index (χ1n) is 6.10. The van der Waals surface area contributed by atoms with Crippen LogP contribution in [-0.2, 0) is 12.7 Å². The van der Waals surface area contributed by atoms with Crippen molar-refractivity contribution in [2.75, 3.05) is 0 Å². The van der Waals surface area contributed by atoms with Crippen LogP contribution in [0.2, 0.25) is 0 Å². The predicted octanol–water partition coefficient (Wildman–Crippen LogP) is 4.37. The Morgan fingerprint density at radius 1 is 1.11 bits per heavy atom. The average molecular weight is 277 g/mol. The summed E-state index contributed by atoms with van der Waals surface area (Å²) in [5, 5.41) is 3.11. The summed E-state index contributed by atoms with van der Waals surface area (Å²) in [5.74, 6) is -0.866. The average Bonchev–Trinajstić information content (AvgIpc) is 2.22. The van der Waals surface area contributed by atoms with Crippen LogP contribution in [0.3, 0.4) is 0 Å². The Bertz CT molecular complexity index is 432. The van der Waals surface area contributed by atoms with Gasteiger partial charge in [-0.15, -0.1) is 0 Å². The second-order valence-corrected chi connectivity index (χ2v) is 5.81. The number of hydrogen-bond donors (Lipinski definition) is 1. The molecule has 1 N–H and O–H groups in total. The van der Waals surface area contributed by atoms with Gasteiger partial charge in [0.05, 0.1) is 5.56 Å². The fourth-order valence-corrected chi connectivity index (χ4v) is 1.49. The second kappa shape index (κ2) is 5.49. The van der Waals surface area contributed by atoms with Crippen LogP contribution in [0.1, 0.15) is 38.8 Å². The molecule has 0 fully saturated rings. The summed E-state index contributed by atoms with van der Waals surface area (Å²) in [7, 11) is 0. The third kappa shape index (κ3) is 4.82. The first kappa shape index (κ1) is 16.0. The van der Waals surface area contributed by atoms with Gasteiger partial charge in [-0.2, -0.15) is 13.2 Å². The summed E-state index contributed by atoms with van der Waals surface area (Å²) in [6.07, 6.45) is -4.52. The van der Waals surface area contributed by atoms with Gasteiger partial charge in [0.1, 0.15) is 5.82 Å². The van der Waals surface area contributed by atoms with Crippen LogP contribution in [0.25, 0.3) is 0 Å². The number of halogens is 4. The summed E-state index contributed by atoms with van der Waals surface area (Å²) in [4.78, 5) is 0. The van der Waals surface area contributed by atoms with Gasteiger partial charge in [-0.25, -0.2) is 4.39 Å². The summed E-state index contributed by atoms with van der Waals surface area (Å²) in [5.41, 5.74) is -0.670. The molecule has 1 rings (SSSR count). The van der Waals surface area contributed by atoms with Crippen molar-refractivity contribution in [3.05, 3.63) is 35.1 Å². The minimum Gasteiger partial charge on any atom is -0.310 e. The highest BCUT2D eigenvalue weighted by Gasteiger charge is 2.31. The molecule has 0 heterocycles. The lowest BCUT2D eigenvalue weighted by atomic mass is 9.88. The minimum absolute atomic E-state index is 0.0137. The van der Waals surface area contributed by atoms with E-state index >= 15 is 0 Å². The molecule has 1 aromatic rings. The highest BCUT2D eigenvalue weighted by Crippen LogP contribution is 2.30. The van der Waals surface area contributed by atoms with Crippen LogP contribution in [-0.4, -0.2) is 6.04 Å². The molecular formula is C14H19F4N. The van der Waals surface area contributed by atoms with Crippen LogP contribution in [0.15, 0.2) is 18.2 Å². The Morgan fingerprint density at radius 3 is 2.16 bits per heavy atom. The van der Waals surface area contributed by atoms with Gasteiger partial charge in [0.15, 0.2) is 0 Å². The van der Waals surface area contributed by atoms with Gasteiger partial charge < -0.3 is 5.32 Å². The Morgan fingerprint density at radius 2 is 1.68 bits per heavy atom. The molecule has 0 amide bonds. The van der Waals surface area contributed by atoms with Crippen LogP contribution in [0, 0.1) is 11.2 Å². The Balaban J connectivity index is 2.83.